The van der Waals surface area contributed by atoms with Gasteiger partial charge < -0.3 is 10.1 Å². The van der Waals surface area contributed by atoms with Gasteiger partial charge in [-0.2, -0.15) is 0 Å². The molecule has 1 heterocycles. The molecule has 2 nitrogen and oxygen atoms in total. The second kappa shape index (κ2) is 3.05. The Balaban J connectivity index is 2.07. The summed E-state index contributed by atoms with van der Waals surface area (Å²) in [6.07, 6.45) is 5.79. The molecule has 1 rings (SSSR count). The highest BCUT2D eigenvalue weighted by atomic mass is 16.5. The molecule has 0 aromatic carbocycles. The molecule has 1 aliphatic heterocycles. The van der Waals surface area contributed by atoms with Crippen molar-refractivity contribution in [3.8, 4) is 12.3 Å². The summed E-state index contributed by atoms with van der Waals surface area (Å²) in [5, 5.41) is 3.15. The normalized spacial score (nSPS) is 21.2. The molecular weight excluding hydrogens is 126 g/mol. The van der Waals surface area contributed by atoms with Crippen molar-refractivity contribution in [2.45, 2.75) is 18.9 Å². The summed E-state index contributed by atoms with van der Waals surface area (Å²) in [6, 6.07) is 0. The summed E-state index contributed by atoms with van der Waals surface area (Å²) in [6.45, 7) is 4.70. The minimum Gasteiger partial charge on any atom is -0.372 e. The fourth-order valence-electron chi connectivity index (χ4n) is 0.935. The lowest BCUT2D eigenvalue weighted by atomic mass is 10.0. The first-order valence-corrected chi connectivity index (χ1v) is 3.55. The van der Waals surface area contributed by atoms with Crippen LogP contribution in [-0.2, 0) is 4.74 Å². The second-order valence-electron chi connectivity index (χ2n) is 2.86. The average molecular weight is 139 g/mol. The van der Waals surface area contributed by atoms with Gasteiger partial charge in [0.25, 0.3) is 0 Å². The van der Waals surface area contributed by atoms with Gasteiger partial charge in [-0.3, -0.25) is 0 Å². The number of terminal acetylenes is 1. The largest absolute Gasteiger partial charge is 0.372 e. The Morgan fingerprint density at radius 3 is 2.80 bits per heavy atom. The lowest BCUT2D eigenvalue weighted by Crippen LogP contribution is -2.59. The summed E-state index contributed by atoms with van der Waals surface area (Å²) < 4.78 is 5.50. The van der Waals surface area contributed by atoms with E-state index in [1.807, 2.05) is 0 Å². The summed E-state index contributed by atoms with van der Waals surface area (Å²) in [7, 11) is 0. The molecule has 2 heteroatoms. The summed E-state index contributed by atoms with van der Waals surface area (Å²) >= 11 is 0. The van der Waals surface area contributed by atoms with Crippen molar-refractivity contribution in [2.24, 2.45) is 0 Å². The fourth-order valence-corrected chi connectivity index (χ4v) is 0.935. The van der Waals surface area contributed by atoms with E-state index in [1.54, 1.807) is 0 Å². The summed E-state index contributed by atoms with van der Waals surface area (Å²) in [5.74, 6) is 2.54. The monoisotopic (exact) mass is 139 g/mol. The molecule has 0 radical (unpaired) electrons. The molecule has 1 saturated heterocycles. The third-order valence-electron chi connectivity index (χ3n) is 1.69. The van der Waals surface area contributed by atoms with Crippen molar-refractivity contribution in [3.05, 3.63) is 0 Å². The Kier molecular flexibility index (Phi) is 2.31. The average Bonchev–Trinajstić information content (AvgIpc) is 1.85. The molecule has 0 aliphatic carbocycles. The van der Waals surface area contributed by atoms with Gasteiger partial charge in [-0.15, -0.1) is 12.3 Å². The van der Waals surface area contributed by atoms with E-state index < -0.39 is 0 Å². The number of ether oxygens (including phenoxy) is 1. The number of nitrogens with one attached hydrogen (secondary N) is 1. The third-order valence-corrected chi connectivity index (χ3v) is 1.69. The molecule has 0 amide bonds. The molecular formula is C8H13NO. The molecule has 0 bridgehead atoms. The number of hydrogen-bond donors (Lipinski definition) is 1. The molecule has 0 unspecified atom stereocenters. The minimum absolute atomic E-state index is 0.0663. The second-order valence-corrected chi connectivity index (χ2v) is 2.86. The van der Waals surface area contributed by atoms with Crippen LogP contribution in [0.3, 0.4) is 0 Å². The van der Waals surface area contributed by atoms with Crippen LogP contribution in [0, 0.1) is 12.3 Å². The van der Waals surface area contributed by atoms with Crippen molar-refractivity contribution < 1.29 is 4.74 Å². The maximum Gasteiger partial charge on any atom is 0.0902 e. The standard InChI is InChI=1S/C8H13NO/c1-3-4-5-10-8(2)6-9-7-8/h1,9H,4-7H2,2H3. The van der Waals surface area contributed by atoms with Crippen LogP contribution in [0.1, 0.15) is 13.3 Å². The van der Waals surface area contributed by atoms with Gasteiger partial charge in [0, 0.05) is 19.5 Å². The summed E-state index contributed by atoms with van der Waals surface area (Å²) in [4.78, 5) is 0. The van der Waals surface area contributed by atoms with Crippen LogP contribution in [0.5, 0.6) is 0 Å². The van der Waals surface area contributed by atoms with Crippen LogP contribution in [0.2, 0.25) is 0 Å². The first-order valence-electron chi connectivity index (χ1n) is 3.55. The highest BCUT2D eigenvalue weighted by Crippen LogP contribution is 2.14. The quantitative estimate of drug-likeness (QED) is 0.451. The Bertz CT molecular complexity index is 144. The van der Waals surface area contributed by atoms with Crippen molar-refractivity contribution in [1.29, 1.82) is 0 Å². The Labute approximate surface area is 62.0 Å². The van der Waals surface area contributed by atoms with Gasteiger partial charge in [-0.1, -0.05) is 0 Å². The molecule has 1 N–H and O–H groups in total. The highest BCUT2D eigenvalue weighted by molar-refractivity contribution is 4.91. The zero-order chi connectivity index (χ0) is 7.45. The molecule has 0 saturated carbocycles. The van der Waals surface area contributed by atoms with Crippen LogP contribution >= 0.6 is 0 Å². The van der Waals surface area contributed by atoms with E-state index in [9.17, 15) is 0 Å². The first-order chi connectivity index (χ1) is 4.77. The van der Waals surface area contributed by atoms with E-state index in [4.69, 9.17) is 11.2 Å². The smallest absolute Gasteiger partial charge is 0.0902 e. The van der Waals surface area contributed by atoms with E-state index in [0.29, 0.717) is 6.61 Å². The molecule has 10 heavy (non-hydrogen) atoms. The third kappa shape index (κ3) is 1.73. The Hall–Kier alpha value is -0.520. The molecule has 56 valence electrons. The lowest BCUT2D eigenvalue weighted by Gasteiger charge is -2.38. The topological polar surface area (TPSA) is 21.3 Å². The highest BCUT2D eigenvalue weighted by Gasteiger charge is 2.31. The number of rotatable bonds is 3. The minimum atomic E-state index is 0.0663. The molecule has 1 fully saturated rings. The van der Waals surface area contributed by atoms with E-state index in [1.165, 1.54) is 0 Å². The van der Waals surface area contributed by atoms with Crippen molar-refractivity contribution in [3.63, 3.8) is 0 Å². The Morgan fingerprint density at radius 2 is 2.40 bits per heavy atom. The van der Waals surface area contributed by atoms with E-state index in [2.05, 4.69) is 18.2 Å². The maximum atomic E-state index is 5.50. The molecule has 0 aromatic heterocycles. The van der Waals surface area contributed by atoms with Crippen LogP contribution in [-0.4, -0.2) is 25.3 Å². The van der Waals surface area contributed by atoms with Gasteiger partial charge >= 0.3 is 0 Å². The Morgan fingerprint density at radius 1 is 1.70 bits per heavy atom. The number of hydrogen-bond acceptors (Lipinski definition) is 2. The summed E-state index contributed by atoms with van der Waals surface area (Å²) in [5.41, 5.74) is 0.0663. The predicted octanol–water partition coefficient (Wildman–Crippen LogP) is 0.388. The van der Waals surface area contributed by atoms with E-state index in [-0.39, 0.29) is 5.60 Å². The molecule has 0 spiro atoms. The molecule has 1 aliphatic rings. The van der Waals surface area contributed by atoms with Crippen molar-refractivity contribution in [1.82, 2.24) is 5.32 Å². The zero-order valence-electron chi connectivity index (χ0n) is 6.31. The van der Waals surface area contributed by atoms with Gasteiger partial charge in [-0.25, -0.2) is 0 Å². The van der Waals surface area contributed by atoms with Gasteiger partial charge in [0.05, 0.1) is 12.2 Å². The van der Waals surface area contributed by atoms with Crippen molar-refractivity contribution >= 4 is 0 Å². The first kappa shape index (κ1) is 7.59. The fraction of sp³-hybridized carbons (Fsp3) is 0.750. The van der Waals surface area contributed by atoms with Gasteiger partial charge in [-0.05, 0) is 6.92 Å². The van der Waals surface area contributed by atoms with Crippen molar-refractivity contribution in [2.75, 3.05) is 19.7 Å². The SMILES string of the molecule is C#CCCOC1(C)CNC1. The van der Waals surface area contributed by atoms with Crippen LogP contribution in [0.4, 0.5) is 0 Å². The molecule has 0 atom stereocenters. The zero-order valence-corrected chi connectivity index (χ0v) is 6.31. The van der Waals surface area contributed by atoms with Gasteiger partial charge in [0.1, 0.15) is 0 Å². The van der Waals surface area contributed by atoms with Gasteiger partial charge in [0.15, 0.2) is 0 Å². The lowest BCUT2D eigenvalue weighted by molar-refractivity contribution is -0.0641. The van der Waals surface area contributed by atoms with Crippen LogP contribution < -0.4 is 5.32 Å². The maximum absolute atomic E-state index is 5.50. The van der Waals surface area contributed by atoms with E-state index in [0.717, 1.165) is 19.5 Å². The predicted molar refractivity (Wildman–Crippen MR) is 40.7 cm³/mol. The van der Waals surface area contributed by atoms with Crippen LogP contribution in [0.15, 0.2) is 0 Å². The molecule has 0 aromatic rings. The van der Waals surface area contributed by atoms with E-state index >= 15 is 0 Å². The van der Waals surface area contributed by atoms with Crippen LogP contribution in [0.25, 0.3) is 0 Å². The van der Waals surface area contributed by atoms with Gasteiger partial charge in [0.2, 0.25) is 0 Å².